The van der Waals surface area contributed by atoms with Gasteiger partial charge in [-0.05, 0) is 18.2 Å². The van der Waals surface area contributed by atoms with E-state index in [1.807, 2.05) is 22.9 Å². The molecule has 0 saturated carbocycles. The molecule has 0 spiro atoms. The second-order valence-electron chi connectivity index (χ2n) is 3.56. The highest BCUT2D eigenvalue weighted by Gasteiger charge is 2.09. The number of imidazole rings is 1. The highest BCUT2D eigenvalue weighted by atomic mass is 35.5. The summed E-state index contributed by atoms with van der Waals surface area (Å²) in [5.41, 5.74) is 1.68. The fourth-order valence-corrected chi connectivity index (χ4v) is 2.14. The highest BCUT2D eigenvalue weighted by molar-refractivity contribution is 6.45. The first kappa shape index (κ1) is 10.6. The van der Waals surface area contributed by atoms with E-state index in [2.05, 4.69) is 9.97 Å². The van der Waals surface area contributed by atoms with E-state index >= 15 is 0 Å². The second kappa shape index (κ2) is 4.02. The zero-order valence-corrected chi connectivity index (χ0v) is 10.2. The Morgan fingerprint density at radius 1 is 1.06 bits per heavy atom. The Morgan fingerprint density at radius 3 is 2.71 bits per heavy atom. The van der Waals surface area contributed by atoms with Crippen molar-refractivity contribution in [3.63, 3.8) is 0 Å². The first-order valence-electron chi connectivity index (χ1n) is 4.98. The van der Waals surface area contributed by atoms with E-state index in [1.165, 1.54) is 0 Å². The summed E-state index contributed by atoms with van der Waals surface area (Å²) in [5, 5.41) is 1.93. The summed E-state index contributed by atoms with van der Waals surface area (Å²) < 4.78 is 1.91. The summed E-state index contributed by atoms with van der Waals surface area (Å²) in [7, 11) is 0. The smallest absolute Gasteiger partial charge is 0.0991 e. The van der Waals surface area contributed by atoms with Crippen molar-refractivity contribution < 1.29 is 0 Å². The van der Waals surface area contributed by atoms with Crippen molar-refractivity contribution in [2.45, 2.75) is 0 Å². The van der Waals surface area contributed by atoms with Gasteiger partial charge in [0.15, 0.2) is 0 Å². The van der Waals surface area contributed by atoms with Crippen LogP contribution in [-0.4, -0.2) is 14.5 Å². The van der Waals surface area contributed by atoms with E-state index in [4.69, 9.17) is 23.2 Å². The Bertz CT molecular complexity index is 678. The maximum atomic E-state index is 6.14. The predicted molar refractivity (Wildman–Crippen MR) is 68.9 cm³/mol. The molecule has 84 valence electrons. The van der Waals surface area contributed by atoms with Crippen LogP contribution >= 0.6 is 23.2 Å². The molecule has 3 aromatic rings. The number of fused-ring (bicyclic) bond motifs is 1. The predicted octanol–water partition coefficient (Wildman–Crippen LogP) is 3.73. The third kappa shape index (κ3) is 1.68. The van der Waals surface area contributed by atoms with Crippen molar-refractivity contribution >= 4 is 34.1 Å². The fraction of sp³-hybridized carbons (Fsp3) is 0. The topological polar surface area (TPSA) is 30.7 Å². The Morgan fingerprint density at radius 2 is 1.94 bits per heavy atom. The summed E-state index contributed by atoms with van der Waals surface area (Å²) in [4.78, 5) is 8.29. The minimum absolute atomic E-state index is 0.478. The van der Waals surface area contributed by atoms with Crippen molar-refractivity contribution in [3.05, 3.63) is 53.2 Å². The fourth-order valence-electron chi connectivity index (χ4n) is 1.77. The number of pyridine rings is 1. The molecule has 0 aliphatic heterocycles. The molecule has 0 aliphatic carbocycles. The van der Waals surface area contributed by atoms with E-state index in [9.17, 15) is 0 Å². The van der Waals surface area contributed by atoms with E-state index < -0.39 is 0 Å². The first-order valence-corrected chi connectivity index (χ1v) is 5.74. The van der Waals surface area contributed by atoms with Gasteiger partial charge in [-0.3, -0.25) is 4.98 Å². The van der Waals surface area contributed by atoms with Gasteiger partial charge in [0.1, 0.15) is 0 Å². The Balaban J connectivity index is 2.38. The maximum absolute atomic E-state index is 6.14. The average molecular weight is 264 g/mol. The molecule has 0 radical (unpaired) electrons. The van der Waals surface area contributed by atoms with E-state index in [-0.39, 0.29) is 0 Å². The van der Waals surface area contributed by atoms with Gasteiger partial charge in [0, 0.05) is 24.0 Å². The van der Waals surface area contributed by atoms with Gasteiger partial charge in [0.2, 0.25) is 0 Å². The molecule has 0 aliphatic rings. The molecule has 0 unspecified atom stereocenters. The largest absolute Gasteiger partial charge is 0.306 e. The molecule has 5 heteroatoms. The summed E-state index contributed by atoms with van der Waals surface area (Å²) in [6.07, 6.45) is 7.04. The summed E-state index contributed by atoms with van der Waals surface area (Å²) >= 11 is 12.1. The lowest BCUT2D eigenvalue weighted by molar-refractivity contribution is 1.06. The highest BCUT2D eigenvalue weighted by Crippen LogP contribution is 2.31. The SMILES string of the molecule is Clc1ccc2c(-n3ccnc3)ccnc2c1Cl. The maximum Gasteiger partial charge on any atom is 0.0991 e. The quantitative estimate of drug-likeness (QED) is 0.670. The van der Waals surface area contributed by atoms with Crippen molar-refractivity contribution in [1.82, 2.24) is 14.5 Å². The number of benzene rings is 1. The number of hydrogen-bond acceptors (Lipinski definition) is 2. The van der Waals surface area contributed by atoms with Gasteiger partial charge in [-0.15, -0.1) is 0 Å². The van der Waals surface area contributed by atoms with Crippen molar-refractivity contribution in [3.8, 4) is 5.69 Å². The summed E-state index contributed by atoms with van der Waals surface area (Å²) in [6.45, 7) is 0. The van der Waals surface area contributed by atoms with Gasteiger partial charge in [-0.2, -0.15) is 0 Å². The lowest BCUT2D eigenvalue weighted by Crippen LogP contribution is -1.93. The second-order valence-corrected chi connectivity index (χ2v) is 4.34. The zero-order chi connectivity index (χ0) is 11.8. The van der Waals surface area contributed by atoms with E-state index in [0.717, 1.165) is 11.1 Å². The molecule has 3 rings (SSSR count). The standard InChI is InChI=1S/C12H7Cl2N3/c13-9-2-1-8-10(17-6-5-15-7-17)3-4-16-12(8)11(9)14/h1-7H. The Hall–Kier alpha value is -1.58. The van der Waals surface area contributed by atoms with Crippen LogP contribution in [0.1, 0.15) is 0 Å². The van der Waals surface area contributed by atoms with Gasteiger partial charge >= 0.3 is 0 Å². The van der Waals surface area contributed by atoms with Crippen LogP contribution in [0.25, 0.3) is 16.6 Å². The van der Waals surface area contributed by atoms with Crippen LogP contribution in [0.15, 0.2) is 43.1 Å². The Kier molecular flexibility index (Phi) is 2.50. The third-order valence-corrected chi connectivity index (χ3v) is 3.36. The number of hydrogen-bond donors (Lipinski definition) is 0. The van der Waals surface area contributed by atoms with E-state index in [0.29, 0.717) is 15.6 Å². The van der Waals surface area contributed by atoms with E-state index in [1.54, 1.807) is 24.8 Å². The molecular formula is C12H7Cl2N3. The molecule has 17 heavy (non-hydrogen) atoms. The summed E-state index contributed by atoms with van der Waals surface area (Å²) in [5.74, 6) is 0. The molecular weight excluding hydrogens is 257 g/mol. The van der Waals surface area contributed by atoms with Crippen LogP contribution in [0.3, 0.4) is 0 Å². The molecule has 0 fully saturated rings. The Labute approximate surface area is 108 Å². The lowest BCUT2D eigenvalue weighted by Gasteiger charge is -2.08. The van der Waals surface area contributed by atoms with Gasteiger partial charge in [0.05, 0.1) is 27.6 Å². The molecule has 0 saturated heterocycles. The van der Waals surface area contributed by atoms with Gasteiger partial charge < -0.3 is 4.57 Å². The van der Waals surface area contributed by atoms with Crippen molar-refractivity contribution in [2.24, 2.45) is 0 Å². The number of aromatic nitrogens is 3. The van der Waals surface area contributed by atoms with Gasteiger partial charge in [-0.1, -0.05) is 23.2 Å². The minimum Gasteiger partial charge on any atom is -0.306 e. The zero-order valence-electron chi connectivity index (χ0n) is 8.64. The monoisotopic (exact) mass is 263 g/mol. The summed E-state index contributed by atoms with van der Waals surface area (Å²) in [6, 6.07) is 5.59. The van der Waals surface area contributed by atoms with Crippen LogP contribution in [0.2, 0.25) is 10.0 Å². The molecule has 0 amide bonds. The van der Waals surface area contributed by atoms with Crippen molar-refractivity contribution in [2.75, 3.05) is 0 Å². The minimum atomic E-state index is 0.478. The van der Waals surface area contributed by atoms with Crippen molar-refractivity contribution in [1.29, 1.82) is 0 Å². The molecule has 1 aromatic carbocycles. The molecule has 2 aromatic heterocycles. The lowest BCUT2D eigenvalue weighted by atomic mass is 10.2. The van der Waals surface area contributed by atoms with Crippen LogP contribution in [0.4, 0.5) is 0 Å². The number of rotatable bonds is 1. The number of halogens is 2. The van der Waals surface area contributed by atoms with Gasteiger partial charge in [-0.25, -0.2) is 4.98 Å². The first-order chi connectivity index (χ1) is 8.27. The molecule has 2 heterocycles. The average Bonchev–Trinajstić information content (AvgIpc) is 2.87. The normalized spacial score (nSPS) is 10.9. The molecule has 0 bridgehead atoms. The van der Waals surface area contributed by atoms with Gasteiger partial charge in [0.25, 0.3) is 0 Å². The van der Waals surface area contributed by atoms with Crippen LogP contribution in [-0.2, 0) is 0 Å². The molecule has 0 atom stereocenters. The number of nitrogens with zero attached hydrogens (tertiary/aromatic N) is 3. The van der Waals surface area contributed by atoms with Crippen LogP contribution in [0.5, 0.6) is 0 Å². The van der Waals surface area contributed by atoms with Crippen LogP contribution < -0.4 is 0 Å². The third-order valence-electron chi connectivity index (χ3n) is 2.56. The van der Waals surface area contributed by atoms with Crippen LogP contribution in [0, 0.1) is 0 Å². The molecule has 3 nitrogen and oxygen atoms in total. The molecule has 0 N–H and O–H groups in total.